The lowest BCUT2D eigenvalue weighted by Crippen LogP contribution is -2.54. The summed E-state index contributed by atoms with van der Waals surface area (Å²) in [7, 11) is 0. The molecular weight excluding hydrogens is 322 g/mol. The SMILES string of the molecule is C/C=C1/C[C@@H](C)[C@](C)(O)CC(=O)O[C@H]2CCN3CC[C@@H](OC1=O)[C@@]23C. The molecule has 0 saturated carbocycles. The summed E-state index contributed by atoms with van der Waals surface area (Å²) in [6.45, 7) is 8.95. The van der Waals surface area contributed by atoms with Gasteiger partial charge in [-0.25, -0.2) is 4.79 Å². The molecule has 3 fully saturated rings. The summed E-state index contributed by atoms with van der Waals surface area (Å²) in [6.07, 6.45) is 2.92. The summed E-state index contributed by atoms with van der Waals surface area (Å²) in [6, 6.07) is 0. The molecule has 0 aromatic rings. The molecule has 0 bridgehead atoms. The Kier molecular flexibility index (Phi) is 4.71. The fourth-order valence-electron chi connectivity index (χ4n) is 4.44. The Labute approximate surface area is 149 Å². The molecule has 3 saturated heterocycles. The number of carbonyl (C=O) groups excluding carboxylic acids is 2. The van der Waals surface area contributed by atoms with Gasteiger partial charge in [0.1, 0.15) is 12.2 Å². The van der Waals surface area contributed by atoms with Crippen LogP contribution in [0.3, 0.4) is 0 Å². The van der Waals surface area contributed by atoms with E-state index in [1.807, 2.05) is 13.8 Å². The second kappa shape index (κ2) is 6.40. The average molecular weight is 351 g/mol. The number of hydrogen-bond acceptors (Lipinski definition) is 6. The predicted octanol–water partition coefficient (Wildman–Crippen LogP) is 1.81. The van der Waals surface area contributed by atoms with Gasteiger partial charge in [0.25, 0.3) is 0 Å². The largest absolute Gasteiger partial charge is 0.460 e. The fraction of sp³-hybridized carbons (Fsp3) is 0.789. The fourth-order valence-corrected chi connectivity index (χ4v) is 4.44. The molecule has 0 unspecified atom stereocenters. The topological polar surface area (TPSA) is 76.1 Å². The van der Waals surface area contributed by atoms with Crippen molar-refractivity contribution >= 4 is 11.9 Å². The first-order chi connectivity index (χ1) is 11.7. The van der Waals surface area contributed by atoms with E-state index in [4.69, 9.17) is 9.47 Å². The van der Waals surface area contributed by atoms with E-state index in [9.17, 15) is 14.7 Å². The number of rotatable bonds is 0. The zero-order chi connectivity index (χ0) is 18.4. The summed E-state index contributed by atoms with van der Waals surface area (Å²) in [5.41, 5.74) is -1.17. The Morgan fingerprint density at radius 2 is 1.76 bits per heavy atom. The Morgan fingerprint density at radius 1 is 1.16 bits per heavy atom. The number of esters is 2. The summed E-state index contributed by atoms with van der Waals surface area (Å²) in [4.78, 5) is 27.4. The lowest BCUT2D eigenvalue weighted by atomic mass is 9.82. The third-order valence-corrected chi connectivity index (χ3v) is 6.53. The lowest BCUT2D eigenvalue weighted by molar-refractivity contribution is -0.167. The van der Waals surface area contributed by atoms with E-state index < -0.39 is 11.1 Å². The lowest BCUT2D eigenvalue weighted by Gasteiger charge is -2.39. The maximum absolute atomic E-state index is 12.7. The van der Waals surface area contributed by atoms with Gasteiger partial charge in [-0.1, -0.05) is 13.0 Å². The molecule has 25 heavy (non-hydrogen) atoms. The first-order valence-corrected chi connectivity index (χ1v) is 9.21. The minimum absolute atomic E-state index is 0.0720. The highest BCUT2D eigenvalue weighted by Gasteiger charge is 2.58. The van der Waals surface area contributed by atoms with Gasteiger partial charge in [0.2, 0.25) is 0 Å². The number of aliphatic hydroxyl groups is 1. The first kappa shape index (κ1) is 18.4. The highest BCUT2D eigenvalue weighted by atomic mass is 16.6. The van der Waals surface area contributed by atoms with Crippen LogP contribution in [0.25, 0.3) is 0 Å². The average Bonchev–Trinajstić information content (AvgIpc) is 3.00. The van der Waals surface area contributed by atoms with Crippen LogP contribution in [0.4, 0.5) is 0 Å². The van der Waals surface area contributed by atoms with Crippen LogP contribution in [0.15, 0.2) is 11.6 Å². The van der Waals surface area contributed by atoms with Gasteiger partial charge < -0.3 is 14.6 Å². The van der Waals surface area contributed by atoms with Gasteiger partial charge in [-0.15, -0.1) is 0 Å². The van der Waals surface area contributed by atoms with Crippen molar-refractivity contribution in [3.05, 3.63) is 11.6 Å². The van der Waals surface area contributed by atoms with Crippen LogP contribution in [0, 0.1) is 5.92 Å². The predicted molar refractivity (Wildman–Crippen MR) is 91.8 cm³/mol. The standard InChI is InChI=1S/C19H29NO5/c1-5-13-10-12(2)18(3,23)11-16(21)24-14-6-8-20-9-7-15(19(14,20)4)25-17(13)22/h5,12,14-15,23H,6-11H2,1-4H3/b13-5-/t12-,14+,15-,18-,19-/m1/s1. The third kappa shape index (κ3) is 3.10. The zero-order valence-corrected chi connectivity index (χ0v) is 15.6. The number of ether oxygens (including phenoxy) is 2. The molecule has 3 heterocycles. The molecule has 0 aliphatic carbocycles. The van der Waals surface area contributed by atoms with Crippen LogP contribution in [-0.2, 0) is 19.1 Å². The van der Waals surface area contributed by atoms with Crippen LogP contribution < -0.4 is 0 Å². The second-order valence-corrected chi connectivity index (χ2v) is 8.12. The molecule has 0 amide bonds. The van der Waals surface area contributed by atoms with E-state index in [0.29, 0.717) is 12.0 Å². The van der Waals surface area contributed by atoms with Gasteiger partial charge in [-0.2, -0.15) is 0 Å². The van der Waals surface area contributed by atoms with Crippen molar-refractivity contribution in [1.82, 2.24) is 4.90 Å². The first-order valence-electron chi connectivity index (χ1n) is 9.21. The zero-order valence-electron chi connectivity index (χ0n) is 15.6. The van der Waals surface area contributed by atoms with Crippen molar-refractivity contribution in [3.8, 4) is 0 Å². The van der Waals surface area contributed by atoms with Crippen molar-refractivity contribution in [1.29, 1.82) is 0 Å². The molecule has 0 spiro atoms. The maximum atomic E-state index is 12.7. The van der Waals surface area contributed by atoms with Crippen LogP contribution in [0.2, 0.25) is 0 Å². The monoisotopic (exact) mass is 351 g/mol. The van der Waals surface area contributed by atoms with E-state index >= 15 is 0 Å². The van der Waals surface area contributed by atoms with E-state index in [0.717, 1.165) is 25.9 Å². The number of carbonyl (C=O) groups is 2. The molecule has 3 aliphatic heterocycles. The third-order valence-electron chi connectivity index (χ3n) is 6.53. The summed E-state index contributed by atoms with van der Waals surface area (Å²) in [5.74, 6) is -0.978. The molecule has 1 N–H and O–H groups in total. The summed E-state index contributed by atoms with van der Waals surface area (Å²) < 4.78 is 11.6. The molecular formula is C19H29NO5. The Hall–Kier alpha value is -1.40. The highest BCUT2D eigenvalue weighted by Crippen LogP contribution is 2.43. The Bertz CT molecular complexity index is 599. The molecule has 6 heteroatoms. The van der Waals surface area contributed by atoms with E-state index in [1.165, 1.54) is 0 Å². The van der Waals surface area contributed by atoms with Gasteiger partial charge in [0.15, 0.2) is 0 Å². The van der Waals surface area contributed by atoms with Crippen molar-refractivity contribution in [2.24, 2.45) is 5.92 Å². The molecule has 3 aliphatic rings. The van der Waals surface area contributed by atoms with Gasteiger partial charge in [-0.05, 0) is 46.0 Å². The van der Waals surface area contributed by atoms with E-state index in [2.05, 4.69) is 4.90 Å². The van der Waals surface area contributed by atoms with E-state index in [1.54, 1.807) is 19.9 Å². The molecule has 0 radical (unpaired) electrons. The van der Waals surface area contributed by atoms with Crippen molar-refractivity contribution in [3.63, 3.8) is 0 Å². The van der Waals surface area contributed by atoms with Crippen LogP contribution >= 0.6 is 0 Å². The number of hydrogen-bond donors (Lipinski definition) is 1. The molecule has 6 nitrogen and oxygen atoms in total. The number of allylic oxidation sites excluding steroid dienone is 1. The van der Waals surface area contributed by atoms with Crippen molar-refractivity contribution in [2.45, 2.75) is 76.7 Å². The van der Waals surface area contributed by atoms with Gasteiger partial charge in [0, 0.05) is 18.7 Å². The highest BCUT2D eigenvalue weighted by molar-refractivity contribution is 5.88. The van der Waals surface area contributed by atoms with E-state index in [-0.39, 0.29) is 36.5 Å². The smallest absolute Gasteiger partial charge is 0.334 e. The minimum Gasteiger partial charge on any atom is -0.460 e. The van der Waals surface area contributed by atoms with Gasteiger partial charge in [-0.3, -0.25) is 9.69 Å². The summed E-state index contributed by atoms with van der Waals surface area (Å²) >= 11 is 0. The number of nitrogens with zero attached hydrogens (tertiary/aromatic N) is 1. The summed E-state index contributed by atoms with van der Waals surface area (Å²) in [5, 5.41) is 10.7. The Morgan fingerprint density at radius 3 is 2.36 bits per heavy atom. The molecule has 0 aromatic heterocycles. The molecule has 140 valence electrons. The van der Waals surface area contributed by atoms with Crippen LogP contribution in [-0.4, -0.2) is 58.4 Å². The minimum atomic E-state index is -1.24. The second-order valence-electron chi connectivity index (χ2n) is 8.12. The maximum Gasteiger partial charge on any atom is 0.334 e. The quantitative estimate of drug-likeness (QED) is 0.530. The van der Waals surface area contributed by atoms with Crippen LogP contribution in [0.1, 0.15) is 53.4 Å². The van der Waals surface area contributed by atoms with Gasteiger partial charge in [0.05, 0.1) is 17.6 Å². The van der Waals surface area contributed by atoms with Crippen LogP contribution in [0.5, 0.6) is 0 Å². The van der Waals surface area contributed by atoms with Gasteiger partial charge >= 0.3 is 11.9 Å². The Balaban J connectivity index is 1.95. The molecule has 5 atom stereocenters. The normalized spacial score (nSPS) is 44.7. The van der Waals surface area contributed by atoms with Crippen molar-refractivity contribution < 1.29 is 24.2 Å². The molecule has 3 rings (SSSR count). The molecule has 0 aromatic carbocycles. The van der Waals surface area contributed by atoms with Crippen molar-refractivity contribution in [2.75, 3.05) is 13.1 Å².